The van der Waals surface area contributed by atoms with Gasteiger partial charge in [-0.25, -0.2) is 0 Å². The van der Waals surface area contributed by atoms with Crippen LogP contribution in [0.4, 0.5) is 0 Å². The zero-order valence-electron chi connectivity index (χ0n) is 6.67. The molecule has 1 nitrogen and oxygen atoms in total. The zero-order valence-corrected chi connectivity index (χ0v) is 8.26. The lowest BCUT2D eigenvalue weighted by Gasteiger charge is -1.88. The first-order valence-electron chi connectivity index (χ1n) is 3.32. The minimum absolute atomic E-state index is 0.750. The van der Waals surface area contributed by atoms with E-state index in [0.717, 1.165) is 10.8 Å². The summed E-state index contributed by atoms with van der Waals surface area (Å²) in [6.07, 6.45) is 0.750. The molecule has 0 aromatic heterocycles. The number of halogens is 1. The van der Waals surface area contributed by atoms with Gasteiger partial charge in [0.05, 0.1) is 0 Å². The van der Waals surface area contributed by atoms with Gasteiger partial charge in [0.15, 0.2) is 0 Å². The van der Waals surface area contributed by atoms with Gasteiger partial charge in [-0.15, -0.1) is 0 Å². The predicted octanol–water partition coefficient (Wildman–Crippen LogP) is 2.96. The third kappa shape index (κ3) is 5.80. The highest BCUT2D eigenvalue weighted by Crippen LogP contribution is 2.08. The molecule has 0 spiro atoms. The van der Waals surface area contributed by atoms with Gasteiger partial charge in [0.2, 0.25) is 0 Å². The number of hydrogen-bond acceptors (Lipinski definition) is 1. The summed E-state index contributed by atoms with van der Waals surface area (Å²) in [4.78, 5) is 8.81. The SMILES string of the molecule is CC=O.Cc1ccc(Br)cc1. The summed E-state index contributed by atoms with van der Waals surface area (Å²) in [5.74, 6) is 0. The molecule has 0 saturated heterocycles. The van der Waals surface area contributed by atoms with E-state index >= 15 is 0 Å². The highest BCUT2D eigenvalue weighted by molar-refractivity contribution is 9.10. The Labute approximate surface area is 75.6 Å². The lowest BCUT2D eigenvalue weighted by molar-refractivity contribution is -0.106. The lowest BCUT2D eigenvalue weighted by atomic mass is 10.2. The Morgan fingerprint density at radius 1 is 1.27 bits per heavy atom. The van der Waals surface area contributed by atoms with Crippen LogP contribution in [0.25, 0.3) is 0 Å². The number of rotatable bonds is 0. The maximum Gasteiger partial charge on any atom is 0.116 e. The summed E-state index contributed by atoms with van der Waals surface area (Å²) in [7, 11) is 0. The van der Waals surface area contributed by atoms with E-state index in [4.69, 9.17) is 4.79 Å². The Bertz CT molecular complexity index is 182. The molecule has 0 saturated carbocycles. The standard InChI is InChI=1S/C7H7Br.C2H4O/c1-6-2-4-7(8)5-3-6;1-2-3/h2-5H,1H3;2H,1H3. The molecule has 2 heteroatoms. The second-order valence-corrected chi connectivity index (χ2v) is 2.95. The van der Waals surface area contributed by atoms with E-state index in [2.05, 4.69) is 35.0 Å². The highest BCUT2D eigenvalue weighted by Gasteiger charge is 1.81. The van der Waals surface area contributed by atoms with Crippen LogP contribution >= 0.6 is 15.9 Å². The molecule has 0 atom stereocenters. The molecule has 1 aromatic carbocycles. The predicted molar refractivity (Wildman–Crippen MR) is 50.6 cm³/mol. The van der Waals surface area contributed by atoms with Gasteiger partial charge in [0.1, 0.15) is 6.29 Å². The first kappa shape index (κ1) is 10.4. The molecule has 0 radical (unpaired) electrons. The number of carbonyl (C=O) groups is 1. The summed E-state index contributed by atoms with van der Waals surface area (Å²) in [6, 6.07) is 8.22. The Kier molecular flexibility index (Phi) is 5.75. The van der Waals surface area contributed by atoms with Gasteiger partial charge in [0.25, 0.3) is 0 Å². The third-order valence-electron chi connectivity index (χ3n) is 1.01. The van der Waals surface area contributed by atoms with Crippen molar-refractivity contribution in [2.24, 2.45) is 0 Å². The summed E-state index contributed by atoms with van der Waals surface area (Å²) < 4.78 is 1.14. The number of carbonyl (C=O) groups excluding carboxylic acids is 1. The number of aldehydes is 1. The third-order valence-corrected chi connectivity index (χ3v) is 1.54. The summed E-state index contributed by atoms with van der Waals surface area (Å²) in [5, 5.41) is 0. The van der Waals surface area contributed by atoms with E-state index in [1.807, 2.05) is 12.1 Å². The molecule has 0 amide bonds. The van der Waals surface area contributed by atoms with E-state index < -0.39 is 0 Å². The minimum Gasteiger partial charge on any atom is -0.304 e. The average Bonchev–Trinajstić information content (AvgIpc) is 1.97. The van der Waals surface area contributed by atoms with Gasteiger partial charge in [-0.1, -0.05) is 33.6 Å². The molecular formula is C9H11BrO. The second-order valence-electron chi connectivity index (χ2n) is 2.03. The van der Waals surface area contributed by atoms with Crippen LogP contribution in [0.5, 0.6) is 0 Å². The molecule has 0 fully saturated rings. The molecule has 0 bridgehead atoms. The largest absolute Gasteiger partial charge is 0.304 e. The van der Waals surface area contributed by atoms with Crippen LogP contribution in [0.3, 0.4) is 0 Å². The lowest BCUT2D eigenvalue weighted by Crippen LogP contribution is -1.66. The maximum atomic E-state index is 8.81. The van der Waals surface area contributed by atoms with Crippen LogP contribution in [-0.2, 0) is 4.79 Å². The van der Waals surface area contributed by atoms with Crippen molar-refractivity contribution in [2.45, 2.75) is 13.8 Å². The molecule has 0 aliphatic carbocycles. The fourth-order valence-electron chi connectivity index (χ4n) is 0.533. The monoisotopic (exact) mass is 214 g/mol. The Hall–Kier alpha value is -0.630. The molecule has 60 valence electrons. The van der Waals surface area contributed by atoms with Crippen molar-refractivity contribution in [3.05, 3.63) is 34.3 Å². The molecule has 0 heterocycles. The molecular weight excluding hydrogens is 204 g/mol. The van der Waals surface area contributed by atoms with E-state index in [-0.39, 0.29) is 0 Å². The van der Waals surface area contributed by atoms with Crippen LogP contribution in [0.2, 0.25) is 0 Å². The van der Waals surface area contributed by atoms with Gasteiger partial charge in [-0.2, -0.15) is 0 Å². The number of hydrogen-bond donors (Lipinski definition) is 0. The number of aryl methyl sites for hydroxylation is 1. The fourth-order valence-corrected chi connectivity index (χ4v) is 0.798. The second kappa shape index (κ2) is 6.10. The first-order chi connectivity index (χ1) is 5.20. The van der Waals surface area contributed by atoms with Crippen molar-refractivity contribution in [3.8, 4) is 0 Å². The molecule has 1 rings (SSSR count). The molecule has 0 N–H and O–H groups in total. The van der Waals surface area contributed by atoms with Crippen LogP contribution in [0.15, 0.2) is 28.7 Å². The quantitative estimate of drug-likeness (QED) is 0.608. The molecule has 0 unspecified atom stereocenters. The molecule has 0 aliphatic rings. The molecule has 1 aromatic rings. The van der Waals surface area contributed by atoms with Gasteiger partial charge in [0, 0.05) is 4.47 Å². The van der Waals surface area contributed by atoms with Gasteiger partial charge < -0.3 is 4.79 Å². The fraction of sp³-hybridized carbons (Fsp3) is 0.222. The van der Waals surface area contributed by atoms with Crippen molar-refractivity contribution in [1.29, 1.82) is 0 Å². The Morgan fingerprint density at radius 3 is 1.91 bits per heavy atom. The zero-order chi connectivity index (χ0) is 8.69. The molecule has 0 aliphatic heterocycles. The van der Waals surface area contributed by atoms with Crippen LogP contribution in [0.1, 0.15) is 12.5 Å². The Balaban J connectivity index is 0.000000292. The smallest absolute Gasteiger partial charge is 0.116 e. The Morgan fingerprint density at radius 2 is 1.64 bits per heavy atom. The van der Waals surface area contributed by atoms with Crippen LogP contribution in [-0.4, -0.2) is 6.29 Å². The van der Waals surface area contributed by atoms with Crippen LogP contribution < -0.4 is 0 Å². The minimum atomic E-state index is 0.750. The average molecular weight is 215 g/mol. The van der Waals surface area contributed by atoms with Crippen molar-refractivity contribution in [1.82, 2.24) is 0 Å². The van der Waals surface area contributed by atoms with E-state index in [0.29, 0.717) is 0 Å². The summed E-state index contributed by atoms with van der Waals surface area (Å²) >= 11 is 3.35. The van der Waals surface area contributed by atoms with Crippen molar-refractivity contribution in [2.75, 3.05) is 0 Å². The summed E-state index contributed by atoms with van der Waals surface area (Å²) in [5.41, 5.74) is 1.30. The van der Waals surface area contributed by atoms with Crippen molar-refractivity contribution < 1.29 is 4.79 Å². The van der Waals surface area contributed by atoms with Gasteiger partial charge in [-0.05, 0) is 26.0 Å². The van der Waals surface area contributed by atoms with E-state index in [1.54, 1.807) is 0 Å². The normalized spacial score (nSPS) is 7.91. The first-order valence-corrected chi connectivity index (χ1v) is 4.12. The van der Waals surface area contributed by atoms with Crippen molar-refractivity contribution in [3.63, 3.8) is 0 Å². The maximum absolute atomic E-state index is 8.81. The number of benzene rings is 1. The van der Waals surface area contributed by atoms with Gasteiger partial charge >= 0.3 is 0 Å². The van der Waals surface area contributed by atoms with Crippen LogP contribution in [0, 0.1) is 6.92 Å². The topological polar surface area (TPSA) is 17.1 Å². The van der Waals surface area contributed by atoms with E-state index in [1.165, 1.54) is 12.5 Å². The van der Waals surface area contributed by atoms with Gasteiger partial charge in [-0.3, -0.25) is 0 Å². The molecule has 11 heavy (non-hydrogen) atoms. The van der Waals surface area contributed by atoms with Crippen molar-refractivity contribution >= 4 is 22.2 Å². The van der Waals surface area contributed by atoms with E-state index in [9.17, 15) is 0 Å². The highest BCUT2D eigenvalue weighted by atomic mass is 79.9. The summed E-state index contributed by atoms with van der Waals surface area (Å²) in [6.45, 7) is 3.52.